The largest absolute Gasteiger partial charge is 0.103 e. The van der Waals surface area contributed by atoms with Crippen molar-refractivity contribution in [1.82, 2.24) is 0 Å². The van der Waals surface area contributed by atoms with Gasteiger partial charge in [-0.2, -0.15) is 0 Å². The van der Waals surface area contributed by atoms with E-state index in [0.717, 1.165) is 12.8 Å². The maximum atomic E-state index is 3.82. The van der Waals surface area contributed by atoms with Crippen LogP contribution in [0.2, 0.25) is 0 Å². The van der Waals surface area contributed by atoms with Crippen LogP contribution in [0.3, 0.4) is 0 Å². The van der Waals surface area contributed by atoms with Crippen LogP contribution >= 0.6 is 0 Å². The van der Waals surface area contributed by atoms with Gasteiger partial charge in [0.2, 0.25) is 0 Å². The molecule has 0 amide bonds. The fraction of sp³-hybridized carbons (Fsp3) is 0.333. The molecule has 1 rings (SSSR count). The number of hydrogen-bond donors (Lipinski definition) is 0. The summed E-state index contributed by atoms with van der Waals surface area (Å²) in [5.74, 6) is 0.640. The molecule has 12 heavy (non-hydrogen) atoms. The molecule has 64 valence electrons. The molecule has 0 aromatic rings. The molecule has 1 unspecified atom stereocenters. The molecule has 0 saturated carbocycles. The first-order valence-electron chi connectivity index (χ1n) is 4.41. The van der Waals surface area contributed by atoms with Gasteiger partial charge >= 0.3 is 0 Å². The van der Waals surface area contributed by atoms with Crippen molar-refractivity contribution in [3.05, 3.63) is 49.1 Å². The Labute approximate surface area is 75.0 Å². The lowest BCUT2D eigenvalue weighted by atomic mass is 9.84. The molecular weight excluding hydrogens is 144 g/mol. The molecule has 1 aliphatic carbocycles. The number of hydrogen-bond acceptors (Lipinski definition) is 0. The van der Waals surface area contributed by atoms with Crippen molar-refractivity contribution in [3.8, 4) is 0 Å². The Kier molecular flexibility index (Phi) is 3.09. The molecule has 0 radical (unpaired) electrons. The lowest BCUT2D eigenvalue weighted by Gasteiger charge is -2.21. The molecule has 0 nitrogen and oxygen atoms in total. The second-order valence-corrected chi connectivity index (χ2v) is 3.20. The molecule has 1 aliphatic rings. The number of rotatable bonds is 3. The lowest BCUT2D eigenvalue weighted by Crippen LogP contribution is -2.06. The van der Waals surface area contributed by atoms with Crippen LogP contribution in [0, 0.1) is 5.92 Å². The minimum atomic E-state index is 0.640. The van der Waals surface area contributed by atoms with E-state index in [1.807, 2.05) is 18.2 Å². The minimum Gasteiger partial charge on any atom is -0.103 e. The van der Waals surface area contributed by atoms with Crippen LogP contribution in [-0.4, -0.2) is 0 Å². The topological polar surface area (TPSA) is 0 Å². The zero-order valence-electron chi connectivity index (χ0n) is 7.55. The van der Waals surface area contributed by atoms with E-state index in [2.05, 4.69) is 19.7 Å². The van der Waals surface area contributed by atoms with Crippen molar-refractivity contribution in [2.45, 2.75) is 19.3 Å². The van der Waals surface area contributed by atoms with Gasteiger partial charge in [0, 0.05) is 0 Å². The van der Waals surface area contributed by atoms with E-state index in [1.165, 1.54) is 17.6 Å². The van der Waals surface area contributed by atoms with Gasteiger partial charge in [-0.25, -0.2) is 0 Å². The molecule has 0 saturated heterocycles. The van der Waals surface area contributed by atoms with Gasteiger partial charge in [-0.3, -0.25) is 0 Å². The molecule has 0 aliphatic heterocycles. The van der Waals surface area contributed by atoms with Crippen LogP contribution in [0.1, 0.15) is 19.3 Å². The zero-order chi connectivity index (χ0) is 8.97. The summed E-state index contributed by atoms with van der Waals surface area (Å²) in [6.45, 7) is 11.4. The molecule has 0 aromatic carbocycles. The first kappa shape index (κ1) is 9.05. The van der Waals surface area contributed by atoms with Gasteiger partial charge in [-0.05, 0) is 36.3 Å². The third-order valence-electron chi connectivity index (χ3n) is 2.51. The van der Waals surface area contributed by atoms with E-state index in [9.17, 15) is 0 Å². The van der Waals surface area contributed by atoms with Crippen LogP contribution in [0.15, 0.2) is 49.1 Å². The summed E-state index contributed by atoms with van der Waals surface area (Å²) in [5, 5.41) is 0. The highest BCUT2D eigenvalue weighted by Gasteiger charge is 2.14. The smallest absolute Gasteiger partial charge is 0.0192 e. The van der Waals surface area contributed by atoms with E-state index >= 15 is 0 Å². The SMILES string of the molecule is C=CC1=C(C=C)CC(C=C)CC1. The maximum absolute atomic E-state index is 3.82. The molecule has 0 fully saturated rings. The van der Waals surface area contributed by atoms with Gasteiger partial charge in [-0.1, -0.05) is 31.4 Å². The van der Waals surface area contributed by atoms with E-state index in [-0.39, 0.29) is 0 Å². The van der Waals surface area contributed by atoms with Gasteiger partial charge in [0.25, 0.3) is 0 Å². The monoisotopic (exact) mass is 160 g/mol. The van der Waals surface area contributed by atoms with Crippen molar-refractivity contribution in [3.63, 3.8) is 0 Å². The maximum Gasteiger partial charge on any atom is -0.0192 e. The number of allylic oxidation sites excluding steroid dienone is 5. The Bertz CT molecular complexity index is 230. The third-order valence-corrected chi connectivity index (χ3v) is 2.51. The molecule has 0 aromatic heterocycles. The molecule has 0 bridgehead atoms. The fourth-order valence-electron chi connectivity index (χ4n) is 1.67. The summed E-state index contributed by atoms with van der Waals surface area (Å²) in [7, 11) is 0. The molecule has 0 heteroatoms. The lowest BCUT2D eigenvalue weighted by molar-refractivity contribution is 0.560. The Morgan fingerprint density at radius 3 is 2.25 bits per heavy atom. The highest BCUT2D eigenvalue weighted by Crippen LogP contribution is 2.30. The Morgan fingerprint density at radius 2 is 1.75 bits per heavy atom. The predicted molar refractivity (Wildman–Crippen MR) is 55.0 cm³/mol. The van der Waals surface area contributed by atoms with Crippen LogP contribution in [0.25, 0.3) is 0 Å². The van der Waals surface area contributed by atoms with Gasteiger partial charge < -0.3 is 0 Å². The summed E-state index contributed by atoms with van der Waals surface area (Å²) in [6, 6.07) is 0. The van der Waals surface area contributed by atoms with E-state index in [1.54, 1.807) is 0 Å². The summed E-state index contributed by atoms with van der Waals surface area (Å²) in [4.78, 5) is 0. The van der Waals surface area contributed by atoms with Crippen molar-refractivity contribution in [2.24, 2.45) is 5.92 Å². The molecule has 0 heterocycles. The summed E-state index contributed by atoms with van der Waals surface area (Å²) in [5.41, 5.74) is 2.71. The zero-order valence-corrected chi connectivity index (χ0v) is 7.55. The standard InChI is InChI=1S/C12H16/c1-4-10-7-8-11(5-2)12(6-3)9-10/h4-6,10H,1-3,7-9H2. The van der Waals surface area contributed by atoms with E-state index in [0.29, 0.717) is 5.92 Å². The van der Waals surface area contributed by atoms with Crippen molar-refractivity contribution < 1.29 is 0 Å². The van der Waals surface area contributed by atoms with Crippen LogP contribution in [-0.2, 0) is 0 Å². The van der Waals surface area contributed by atoms with Crippen molar-refractivity contribution in [2.75, 3.05) is 0 Å². The highest BCUT2D eigenvalue weighted by molar-refractivity contribution is 5.34. The molecular formula is C12H16. The van der Waals surface area contributed by atoms with Crippen molar-refractivity contribution in [1.29, 1.82) is 0 Å². The molecule has 1 atom stereocenters. The van der Waals surface area contributed by atoms with Gasteiger partial charge in [0.05, 0.1) is 0 Å². The fourth-order valence-corrected chi connectivity index (χ4v) is 1.67. The molecule has 0 spiro atoms. The van der Waals surface area contributed by atoms with Gasteiger partial charge in [0.15, 0.2) is 0 Å². The van der Waals surface area contributed by atoms with Crippen LogP contribution < -0.4 is 0 Å². The molecule has 0 N–H and O–H groups in total. The average Bonchev–Trinajstić information content (AvgIpc) is 2.16. The summed E-state index contributed by atoms with van der Waals surface area (Å²) < 4.78 is 0. The van der Waals surface area contributed by atoms with Crippen LogP contribution in [0.5, 0.6) is 0 Å². The van der Waals surface area contributed by atoms with Crippen LogP contribution in [0.4, 0.5) is 0 Å². The Balaban J connectivity index is 2.82. The van der Waals surface area contributed by atoms with Crippen molar-refractivity contribution >= 4 is 0 Å². The van der Waals surface area contributed by atoms with E-state index in [4.69, 9.17) is 0 Å². The Hall–Kier alpha value is -1.04. The minimum absolute atomic E-state index is 0.640. The normalized spacial score (nSPS) is 23.5. The highest BCUT2D eigenvalue weighted by atomic mass is 14.2. The predicted octanol–water partition coefficient (Wildman–Crippen LogP) is 3.64. The second kappa shape index (κ2) is 4.10. The third kappa shape index (κ3) is 1.76. The summed E-state index contributed by atoms with van der Waals surface area (Å²) in [6.07, 6.45) is 9.38. The Morgan fingerprint density at radius 1 is 1.08 bits per heavy atom. The quantitative estimate of drug-likeness (QED) is 0.553. The average molecular weight is 160 g/mol. The second-order valence-electron chi connectivity index (χ2n) is 3.20. The summed E-state index contributed by atoms with van der Waals surface area (Å²) >= 11 is 0. The van der Waals surface area contributed by atoms with E-state index < -0.39 is 0 Å². The van der Waals surface area contributed by atoms with Gasteiger partial charge in [0.1, 0.15) is 0 Å². The first-order chi connectivity index (χ1) is 5.81. The first-order valence-corrected chi connectivity index (χ1v) is 4.41. The van der Waals surface area contributed by atoms with Gasteiger partial charge in [-0.15, -0.1) is 6.58 Å².